The summed E-state index contributed by atoms with van der Waals surface area (Å²) in [6.07, 6.45) is -16.8. The van der Waals surface area contributed by atoms with Crippen LogP contribution in [0.2, 0.25) is 0 Å². The average molecular weight is 680 g/mol. The lowest BCUT2D eigenvalue weighted by Gasteiger charge is -2.25. The predicted molar refractivity (Wildman–Crippen MR) is 147 cm³/mol. The van der Waals surface area contributed by atoms with Crippen molar-refractivity contribution in [3.05, 3.63) is 130 Å². The van der Waals surface area contributed by atoms with Gasteiger partial charge in [0.1, 0.15) is 18.1 Å². The van der Waals surface area contributed by atoms with Gasteiger partial charge in [0.15, 0.2) is 0 Å². The molecule has 47 heavy (non-hydrogen) atoms. The number of aliphatic hydroxyl groups is 1. The van der Waals surface area contributed by atoms with Gasteiger partial charge in [-0.2, -0.15) is 35.1 Å². The molecule has 0 spiro atoms. The Balaban J connectivity index is 1.59. The summed E-state index contributed by atoms with van der Waals surface area (Å²) in [6.45, 7) is -0.499. The van der Waals surface area contributed by atoms with Crippen LogP contribution in [0.1, 0.15) is 45.5 Å². The smallest absolute Gasteiger partial charge is 0.489 e. The topological polar surface area (TPSA) is 50.7 Å². The summed E-state index contributed by atoms with van der Waals surface area (Å²) in [4.78, 5) is 0. The van der Waals surface area contributed by atoms with Crippen LogP contribution in [0.25, 0.3) is 0 Å². The normalized spacial score (nSPS) is 14.0. The van der Waals surface area contributed by atoms with Crippen LogP contribution in [0.3, 0.4) is 0 Å². The zero-order chi connectivity index (χ0) is 34.6. The lowest BCUT2D eigenvalue weighted by Crippen LogP contribution is -2.34. The van der Waals surface area contributed by atoms with Crippen molar-refractivity contribution in [2.24, 2.45) is 0 Å². The fourth-order valence-electron chi connectivity index (χ4n) is 4.48. The van der Waals surface area contributed by atoms with Crippen molar-refractivity contribution in [1.82, 2.24) is 5.32 Å². The highest BCUT2D eigenvalue weighted by molar-refractivity contribution is 5.40. The van der Waals surface area contributed by atoms with Gasteiger partial charge in [-0.1, -0.05) is 54.6 Å². The molecule has 0 saturated carbocycles. The van der Waals surface area contributed by atoms with Crippen molar-refractivity contribution in [1.29, 1.82) is 0 Å². The molecule has 0 amide bonds. The van der Waals surface area contributed by atoms with Crippen LogP contribution in [-0.2, 0) is 18.7 Å². The number of halogens is 11. The van der Waals surface area contributed by atoms with Gasteiger partial charge in [-0.05, 0) is 64.7 Å². The van der Waals surface area contributed by atoms with Crippen LogP contribution in [0, 0.1) is 0 Å². The van der Waals surface area contributed by atoms with E-state index in [4.69, 9.17) is 4.74 Å². The van der Waals surface area contributed by atoms with Gasteiger partial charge in [-0.3, -0.25) is 0 Å². The van der Waals surface area contributed by atoms with Crippen molar-refractivity contribution in [3.8, 4) is 11.5 Å². The molecule has 252 valence electrons. The van der Waals surface area contributed by atoms with Crippen molar-refractivity contribution < 1.29 is 62.9 Å². The van der Waals surface area contributed by atoms with E-state index in [1.165, 1.54) is 42.5 Å². The zero-order valence-electron chi connectivity index (χ0n) is 23.7. The average Bonchev–Trinajstić information content (AvgIpc) is 2.99. The third-order valence-corrected chi connectivity index (χ3v) is 6.83. The van der Waals surface area contributed by atoms with E-state index in [9.17, 15) is 53.4 Å². The van der Waals surface area contributed by atoms with Crippen LogP contribution < -0.4 is 14.8 Å². The minimum absolute atomic E-state index is 0.0663. The Kier molecular flexibility index (Phi) is 10.4. The van der Waals surface area contributed by atoms with E-state index in [1.807, 2.05) is 0 Å². The first-order valence-corrected chi connectivity index (χ1v) is 13.5. The largest absolute Gasteiger partial charge is 0.573 e. The number of aliphatic hydroxyl groups excluding tert-OH is 1. The Morgan fingerprint density at radius 3 is 1.79 bits per heavy atom. The molecule has 4 aromatic carbocycles. The van der Waals surface area contributed by atoms with E-state index < -0.39 is 53.7 Å². The molecule has 4 aromatic rings. The Morgan fingerprint density at radius 1 is 0.617 bits per heavy atom. The number of alkyl halides is 11. The van der Waals surface area contributed by atoms with E-state index in [1.54, 1.807) is 0 Å². The van der Waals surface area contributed by atoms with Gasteiger partial charge in [-0.15, -0.1) is 13.2 Å². The highest BCUT2D eigenvalue weighted by Gasteiger charge is 2.58. The molecule has 0 heterocycles. The van der Waals surface area contributed by atoms with Crippen molar-refractivity contribution in [3.63, 3.8) is 0 Å². The van der Waals surface area contributed by atoms with E-state index >= 15 is 0 Å². The summed E-state index contributed by atoms with van der Waals surface area (Å²) in [7, 11) is 0. The SMILES string of the molecule is OC(CNC(c1cccc(OCc2ccc(OC(F)(F)F)cc2)c1)c1cccc(C(F)(F)C(F)(F)F)c1)c1ccc(C(F)(F)F)cc1. The van der Waals surface area contributed by atoms with Crippen molar-refractivity contribution in [2.75, 3.05) is 6.54 Å². The maximum atomic E-state index is 14.2. The second-order valence-corrected chi connectivity index (χ2v) is 10.2. The van der Waals surface area contributed by atoms with E-state index in [2.05, 4.69) is 10.1 Å². The minimum Gasteiger partial charge on any atom is -0.489 e. The molecule has 0 bridgehead atoms. The highest BCUT2D eigenvalue weighted by atomic mass is 19.4. The van der Waals surface area contributed by atoms with E-state index in [0.29, 0.717) is 17.7 Å². The summed E-state index contributed by atoms with van der Waals surface area (Å²) in [5.74, 6) is -5.46. The molecule has 4 rings (SSSR count). The monoisotopic (exact) mass is 679 g/mol. The Bertz CT molecular complexity index is 1620. The standard InChI is InChI=1S/C32H24F11NO3/c33-29(34,31(38,39)40)24-5-1-3-21(15-24)28(44-17-27(45)20-9-11-23(12-10-20)30(35,36)37)22-4-2-6-26(16-22)46-18-19-7-13-25(14-8-19)47-32(41,42)43/h1-16,27-28,44-45H,17-18H2. The predicted octanol–water partition coefficient (Wildman–Crippen LogP) is 9.25. The fraction of sp³-hybridized carbons (Fsp3) is 0.250. The van der Waals surface area contributed by atoms with Crippen LogP contribution in [0.5, 0.6) is 11.5 Å². The number of ether oxygens (including phenoxy) is 2. The molecule has 0 aromatic heterocycles. The Hall–Kier alpha value is -4.37. The lowest BCUT2D eigenvalue weighted by molar-refractivity contribution is -0.289. The van der Waals surface area contributed by atoms with Gasteiger partial charge in [-0.25, -0.2) is 0 Å². The molecule has 2 atom stereocenters. The van der Waals surface area contributed by atoms with Gasteiger partial charge in [0, 0.05) is 12.1 Å². The number of hydrogen-bond donors (Lipinski definition) is 2. The first-order valence-electron chi connectivity index (χ1n) is 13.5. The fourth-order valence-corrected chi connectivity index (χ4v) is 4.48. The number of rotatable bonds is 11. The molecular weight excluding hydrogens is 655 g/mol. The summed E-state index contributed by atoms with van der Waals surface area (Å²) < 4.78 is 154. The molecule has 0 radical (unpaired) electrons. The number of nitrogens with one attached hydrogen (secondary N) is 1. The van der Waals surface area contributed by atoms with Gasteiger partial charge in [0.25, 0.3) is 0 Å². The van der Waals surface area contributed by atoms with Crippen LogP contribution in [-0.4, -0.2) is 24.2 Å². The third-order valence-electron chi connectivity index (χ3n) is 6.83. The molecule has 0 aliphatic heterocycles. The zero-order valence-corrected chi connectivity index (χ0v) is 23.7. The lowest BCUT2D eigenvalue weighted by atomic mass is 9.94. The maximum Gasteiger partial charge on any atom is 0.573 e. The Labute approximate surface area is 260 Å². The maximum absolute atomic E-state index is 14.2. The first kappa shape index (κ1) is 35.5. The van der Waals surface area contributed by atoms with Crippen LogP contribution in [0.15, 0.2) is 97.1 Å². The molecule has 0 aliphatic rings. The summed E-state index contributed by atoms with van der Waals surface area (Å²) >= 11 is 0. The third kappa shape index (κ3) is 9.35. The van der Waals surface area contributed by atoms with E-state index in [-0.39, 0.29) is 35.6 Å². The summed E-state index contributed by atoms with van der Waals surface area (Å²) in [6, 6.07) is 16.7. The summed E-state index contributed by atoms with van der Waals surface area (Å²) in [5, 5.41) is 13.6. The molecular formula is C32H24F11NO3. The van der Waals surface area contributed by atoms with Gasteiger partial charge in [0.2, 0.25) is 0 Å². The second kappa shape index (κ2) is 13.8. The van der Waals surface area contributed by atoms with E-state index in [0.717, 1.165) is 42.5 Å². The molecule has 2 N–H and O–H groups in total. The number of benzene rings is 4. The van der Waals surface area contributed by atoms with Crippen LogP contribution >= 0.6 is 0 Å². The van der Waals surface area contributed by atoms with Gasteiger partial charge < -0.3 is 19.9 Å². The number of hydrogen-bond acceptors (Lipinski definition) is 4. The molecule has 4 nitrogen and oxygen atoms in total. The van der Waals surface area contributed by atoms with Gasteiger partial charge in [0.05, 0.1) is 17.7 Å². The second-order valence-electron chi connectivity index (χ2n) is 10.2. The molecule has 0 fully saturated rings. The van der Waals surface area contributed by atoms with Crippen molar-refractivity contribution >= 4 is 0 Å². The highest BCUT2D eigenvalue weighted by Crippen LogP contribution is 2.44. The molecule has 0 saturated heterocycles. The first-order chi connectivity index (χ1) is 21.8. The van der Waals surface area contributed by atoms with Crippen LogP contribution in [0.4, 0.5) is 48.3 Å². The molecule has 2 unspecified atom stereocenters. The molecule has 0 aliphatic carbocycles. The Morgan fingerprint density at radius 2 is 1.21 bits per heavy atom. The molecule has 15 heteroatoms. The quantitative estimate of drug-likeness (QED) is 0.155. The van der Waals surface area contributed by atoms with Crippen molar-refractivity contribution in [2.45, 2.75) is 43.4 Å². The summed E-state index contributed by atoms with van der Waals surface area (Å²) in [5.41, 5.74) is -1.56. The van der Waals surface area contributed by atoms with Gasteiger partial charge >= 0.3 is 24.6 Å². The minimum atomic E-state index is -5.89.